The van der Waals surface area contributed by atoms with Crippen molar-refractivity contribution < 1.29 is 4.74 Å². The van der Waals surface area contributed by atoms with Crippen LogP contribution in [-0.4, -0.2) is 11.6 Å². The first kappa shape index (κ1) is 13.1. The van der Waals surface area contributed by atoms with Crippen molar-refractivity contribution in [2.75, 3.05) is 6.61 Å². The van der Waals surface area contributed by atoms with Crippen molar-refractivity contribution in [1.29, 1.82) is 0 Å². The molecule has 2 rings (SSSR count). The van der Waals surface area contributed by atoms with Crippen LogP contribution in [0.15, 0.2) is 24.4 Å². The molecule has 2 N–H and O–H groups in total. The summed E-state index contributed by atoms with van der Waals surface area (Å²) in [5.74, 6) is 0.933. The number of hydrogen-bond acceptors (Lipinski definition) is 4. The molecular weight excluding hydrogens is 244 g/mol. The SMILES string of the molecule is Cc1cc(C)cc(OCCc2ncc(CN)s2)c1. The Labute approximate surface area is 112 Å². The van der Waals surface area contributed by atoms with E-state index in [2.05, 4.69) is 37.0 Å². The van der Waals surface area contributed by atoms with Gasteiger partial charge in [0.15, 0.2) is 0 Å². The van der Waals surface area contributed by atoms with Gasteiger partial charge in [-0.15, -0.1) is 11.3 Å². The van der Waals surface area contributed by atoms with Gasteiger partial charge in [-0.05, 0) is 37.1 Å². The summed E-state index contributed by atoms with van der Waals surface area (Å²) in [6.07, 6.45) is 2.68. The maximum atomic E-state index is 5.75. The van der Waals surface area contributed by atoms with E-state index in [1.165, 1.54) is 11.1 Å². The third-order valence-corrected chi connectivity index (χ3v) is 3.66. The second kappa shape index (κ2) is 5.98. The van der Waals surface area contributed by atoms with E-state index in [9.17, 15) is 0 Å². The molecule has 3 nitrogen and oxygen atoms in total. The number of aryl methyl sites for hydroxylation is 2. The van der Waals surface area contributed by atoms with Gasteiger partial charge in [0.05, 0.1) is 11.6 Å². The van der Waals surface area contributed by atoms with E-state index in [1.54, 1.807) is 11.3 Å². The Morgan fingerprint density at radius 2 is 1.94 bits per heavy atom. The third-order valence-electron chi connectivity index (χ3n) is 2.58. The van der Waals surface area contributed by atoms with E-state index in [-0.39, 0.29) is 0 Å². The molecule has 1 aromatic carbocycles. The highest BCUT2D eigenvalue weighted by Crippen LogP contribution is 2.17. The van der Waals surface area contributed by atoms with Gasteiger partial charge < -0.3 is 10.5 Å². The fourth-order valence-corrected chi connectivity index (χ4v) is 2.61. The van der Waals surface area contributed by atoms with Crippen LogP contribution in [-0.2, 0) is 13.0 Å². The summed E-state index contributed by atoms with van der Waals surface area (Å²) in [7, 11) is 0. The number of ether oxygens (including phenoxy) is 1. The minimum atomic E-state index is 0.565. The van der Waals surface area contributed by atoms with Crippen LogP contribution in [0, 0.1) is 13.8 Å². The van der Waals surface area contributed by atoms with Gasteiger partial charge in [0.25, 0.3) is 0 Å². The van der Waals surface area contributed by atoms with Crippen LogP contribution in [0.1, 0.15) is 21.0 Å². The molecule has 0 aliphatic carbocycles. The lowest BCUT2D eigenvalue weighted by Gasteiger charge is -2.07. The Balaban J connectivity index is 1.88. The van der Waals surface area contributed by atoms with Crippen molar-refractivity contribution in [3.8, 4) is 5.75 Å². The molecule has 96 valence electrons. The van der Waals surface area contributed by atoms with E-state index in [0.717, 1.165) is 22.1 Å². The van der Waals surface area contributed by atoms with Crippen LogP contribution in [0.2, 0.25) is 0 Å². The molecule has 0 fully saturated rings. The van der Waals surface area contributed by atoms with Crippen LogP contribution < -0.4 is 10.5 Å². The molecule has 1 aromatic heterocycles. The number of benzene rings is 1. The molecule has 0 radical (unpaired) electrons. The zero-order valence-corrected chi connectivity index (χ0v) is 11.6. The number of hydrogen-bond donors (Lipinski definition) is 1. The van der Waals surface area contributed by atoms with Gasteiger partial charge in [-0.25, -0.2) is 4.98 Å². The van der Waals surface area contributed by atoms with Crippen molar-refractivity contribution in [3.63, 3.8) is 0 Å². The maximum Gasteiger partial charge on any atom is 0.119 e. The minimum absolute atomic E-state index is 0.565. The van der Waals surface area contributed by atoms with Crippen molar-refractivity contribution in [3.05, 3.63) is 45.4 Å². The molecule has 0 saturated carbocycles. The zero-order valence-electron chi connectivity index (χ0n) is 10.8. The van der Waals surface area contributed by atoms with Gasteiger partial charge in [0.1, 0.15) is 5.75 Å². The van der Waals surface area contributed by atoms with Crippen LogP contribution in [0.25, 0.3) is 0 Å². The monoisotopic (exact) mass is 262 g/mol. The first-order valence-electron chi connectivity index (χ1n) is 6.02. The number of nitrogens with zero attached hydrogens (tertiary/aromatic N) is 1. The van der Waals surface area contributed by atoms with Gasteiger partial charge in [-0.3, -0.25) is 0 Å². The average Bonchev–Trinajstić information content (AvgIpc) is 2.76. The standard InChI is InChI=1S/C14H18N2OS/c1-10-5-11(2)7-12(6-10)17-4-3-14-16-9-13(8-15)18-14/h5-7,9H,3-4,8,15H2,1-2H3. The number of nitrogens with two attached hydrogens (primary N) is 1. The highest BCUT2D eigenvalue weighted by molar-refractivity contribution is 7.11. The molecule has 1 heterocycles. The van der Waals surface area contributed by atoms with E-state index < -0.39 is 0 Å². The van der Waals surface area contributed by atoms with Crippen LogP contribution >= 0.6 is 11.3 Å². The maximum absolute atomic E-state index is 5.75. The van der Waals surface area contributed by atoms with Gasteiger partial charge >= 0.3 is 0 Å². The van der Waals surface area contributed by atoms with Crippen LogP contribution in [0.3, 0.4) is 0 Å². The molecule has 4 heteroatoms. The lowest BCUT2D eigenvalue weighted by Crippen LogP contribution is -2.01. The smallest absolute Gasteiger partial charge is 0.119 e. The Bertz CT molecular complexity index is 502. The van der Waals surface area contributed by atoms with E-state index in [1.807, 2.05) is 6.20 Å². The van der Waals surface area contributed by atoms with Crippen molar-refractivity contribution >= 4 is 11.3 Å². The summed E-state index contributed by atoms with van der Waals surface area (Å²) in [6, 6.07) is 6.25. The van der Waals surface area contributed by atoms with E-state index >= 15 is 0 Å². The Kier molecular flexibility index (Phi) is 4.33. The van der Waals surface area contributed by atoms with Crippen LogP contribution in [0.4, 0.5) is 0 Å². The van der Waals surface area contributed by atoms with E-state index in [4.69, 9.17) is 10.5 Å². The summed E-state index contributed by atoms with van der Waals surface area (Å²) in [4.78, 5) is 5.43. The van der Waals surface area contributed by atoms with Gasteiger partial charge in [-0.1, -0.05) is 6.07 Å². The molecule has 0 saturated heterocycles. The largest absolute Gasteiger partial charge is 0.493 e. The molecular formula is C14H18N2OS. The molecule has 0 bridgehead atoms. The Morgan fingerprint density at radius 3 is 2.56 bits per heavy atom. The third kappa shape index (κ3) is 3.55. The summed E-state index contributed by atoms with van der Waals surface area (Å²) in [6.45, 7) is 5.37. The van der Waals surface area contributed by atoms with Crippen molar-refractivity contribution in [2.24, 2.45) is 5.73 Å². The van der Waals surface area contributed by atoms with E-state index in [0.29, 0.717) is 13.2 Å². The van der Waals surface area contributed by atoms with Gasteiger partial charge in [-0.2, -0.15) is 0 Å². The molecule has 0 unspecified atom stereocenters. The van der Waals surface area contributed by atoms with Crippen molar-refractivity contribution in [2.45, 2.75) is 26.8 Å². The lowest BCUT2D eigenvalue weighted by atomic mass is 10.1. The van der Waals surface area contributed by atoms with Gasteiger partial charge in [0, 0.05) is 24.0 Å². The molecule has 0 aliphatic rings. The first-order valence-corrected chi connectivity index (χ1v) is 6.84. The topological polar surface area (TPSA) is 48.1 Å². The highest BCUT2D eigenvalue weighted by Gasteiger charge is 2.02. The zero-order chi connectivity index (χ0) is 13.0. The second-order valence-corrected chi connectivity index (χ2v) is 5.55. The fourth-order valence-electron chi connectivity index (χ4n) is 1.83. The molecule has 18 heavy (non-hydrogen) atoms. The number of thiazole rings is 1. The van der Waals surface area contributed by atoms with Crippen molar-refractivity contribution in [1.82, 2.24) is 4.98 Å². The fraction of sp³-hybridized carbons (Fsp3) is 0.357. The molecule has 0 aliphatic heterocycles. The quantitative estimate of drug-likeness (QED) is 0.901. The first-order chi connectivity index (χ1) is 8.67. The number of rotatable bonds is 5. The second-order valence-electron chi connectivity index (χ2n) is 4.35. The number of aromatic nitrogens is 1. The molecule has 2 aromatic rings. The molecule has 0 spiro atoms. The minimum Gasteiger partial charge on any atom is -0.493 e. The summed E-state index contributed by atoms with van der Waals surface area (Å²) < 4.78 is 5.75. The van der Waals surface area contributed by atoms with Crippen LogP contribution in [0.5, 0.6) is 5.75 Å². The highest BCUT2D eigenvalue weighted by atomic mass is 32.1. The Hall–Kier alpha value is -1.39. The normalized spacial score (nSPS) is 10.6. The predicted octanol–water partition coefficient (Wildman–Crippen LogP) is 2.84. The summed E-state index contributed by atoms with van der Waals surface area (Å²) >= 11 is 1.66. The lowest BCUT2D eigenvalue weighted by molar-refractivity contribution is 0.321. The predicted molar refractivity (Wildman–Crippen MR) is 75.1 cm³/mol. The Morgan fingerprint density at radius 1 is 1.22 bits per heavy atom. The molecule has 0 atom stereocenters. The average molecular weight is 262 g/mol. The summed E-state index contributed by atoms with van der Waals surface area (Å²) in [5, 5.41) is 1.08. The molecule has 0 amide bonds. The van der Waals surface area contributed by atoms with Gasteiger partial charge in [0.2, 0.25) is 0 Å². The summed E-state index contributed by atoms with van der Waals surface area (Å²) in [5.41, 5.74) is 8.01.